The number of hydrogen-bond acceptors (Lipinski definition) is 4. The van der Waals surface area contributed by atoms with E-state index in [2.05, 4.69) is 37.7 Å². The zero-order valence-corrected chi connectivity index (χ0v) is 16.4. The maximum absolute atomic E-state index is 12.6. The second kappa shape index (κ2) is 7.76. The van der Waals surface area contributed by atoms with Gasteiger partial charge in [0.25, 0.3) is 0 Å². The number of sulfonamides is 1. The lowest BCUT2D eigenvalue weighted by molar-refractivity contribution is 0.402. The summed E-state index contributed by atoms with van der Waals surface area (Å²) in [6.07, 6.45) is 2.46. The molecule has 134 valence electrons. The number of anilines is 1. The highest BCUT2D eigenvalue weighted by molar-refractivity contribution is 9.10. The van der Waals surface area contributed by atoms with Crippen LogP contribution >= 0.6 is 15.9 Å². The Balaban J connectivity index is 1.71. The lowest BCUT2D eigenvalue weighted by Crippen LogP contribution is -2.24. The molecule has 2 aromatic carbocycles. The van der Waals surface area contributed by atoms with Gasteiger partial charge >= 0.3 is 0 Å². The van der Waals surface area contributed by atoms with Crippen LogP contribution < -0.4 is 14.4 Å². The van der Waals surface area contributed by atoms with Crippen molar-refractivity contribution in [3.8, 4) is 5.75 Å². The van der Waals surface area contributed by atoms with Crippen molar-refractivity contribution >= 4 is 31.6 Å². The highest BCUT2D eigenvalue weighted by Gasteiger charge is 2.20. The second-order valence-corrected chi connectivity index (χ2v) is 8.63. The lowest BCUT2D eigenvalue weighted by atomic mass is 10.2. The molecular weight excluding hydrogens is 404 g/mol. The van der Waals surface area contributed by atoms with Crippen LogP contribution in [0, 0.1) is 0 Å². The molecule has 3 rings (SSSR count). The minimum Gasteiger partial charge on any atom is -0.495 e. The molecular formula is C18H21BrN2O3S. The Kier molecular flexibility index (Phi) is 5.66. The number of rotatable bonds is 6. The minimum absolute atomic E-state index is 0.123. The number of ether oxygens (including phenoxy) is 1. The summed E-state index contributed by atoms with van der Waals surface area (Å²) in [7, 11) is -2.21. The Morgan fingerprint density at radius 1 is 1.12 bits per heavy atom. The first-order valence-corrected chi connectivity index (χ1v) is 10.4. The molecule has 0 atom stereocenters. The monoisotopic (exact) mass is 424 g/mol. The molecule has 1 aliphatic heterocycles. The summed E-state index contributed by atoms with van der Waals surface area (Å²) >= 11 is 3.30. The smallest absolute Gasteiger partial charge is 0.244 e. The van der Waals surface area contributed by atoms with Crippen LogP contribution in [-0.2, 0) is 16.6 Å². The van der Waals surface area contributed by atoms with E-state index in [1.807, 2.05) is 12.1 Å². The molecule has 25 heavy (non-hydrogen) atoms. The molecule has 1 heterocycles. The molecule has 0 aliphatic carbocycles. The first-order valence-electron chi connectivity index (χ1n) is 8.17. The molecule has 0 bridgehead atoms. The van der Waals surface area contributed by atoms with Crippen molar-refractivity contribution in [2.75, 3.05) is 25.1 Å². The van der Waals surface area contributed by atoms with Crippen LogP contribution in [0.25, 0.3) is 0 Å². The zero-order valence-electron chi connectivity index (χ0n) is 14.0. The highest BCUT2D eigenvalue weighted by atomic mass is 79.9. The summed E-state index contributed by atoms with van der Waals surface area (Å²) in [6, 6.07) is 12.9. The van der Waals surface area contributed by atoms with Crippen molar-refractivity contribution in [3.05, 3.63) is 52.5 Å². The maximum Gasteiger partial charge on any atom is 0.244 e. The molecule has 0 saturated carbocycles. The average Bonchev–Trinajstić information content (AvgIpc) is 3.15. The lowest BCUT2D eigenvalue weighted by Gasteiger charge is -2.17. The molecule has 1 fully saturated rings. The third kappa shape index (κ3) is 4.34. The molecule has 0 aromatic heterocycles. The largest absolute Gasteiger partial charge is 0.495 e. The average molecular weight is 425 g/mol. The molecule has 5 nitrogen and oxygen atoms in total. The van der Waals surface area contributed by atoms with Gasteiger partial charge in [-0.2, -0.15) is 0 Å². The number of hydrogen-bond donors (Lipinski definition) is 1. The maximum atomic E-state index is 12.6. The van der Waals surface area contributed by atoms with Crippen molar-refractivity contribution in [3.63, 3.8) is 0 Å². The van der Waals surface area contributed by atoms with Gasteiger partial charge in [-0.3, -0.25) is 0 Å². The fourth-order valence-electron chi connectivity index (χ4n) is 2.92. The number of halogens is 1. The van der Waals surface area contributed by atoms with Crippen molar-refractivity contribution in [2.24, 2.45) is 0 Å². The summed E-state index contributed by atoms with van der Waals surface area (Å²) in [5.41, 5.74) is 2.11. The van der Waals surface area contributed by atoms with E-state index in [0.29, 0.717) is 10.2 Å². The first kappa shape index (κ1) is 18.2. The van der Waals surface area contributed by atoms with Crippen LogP contribution in [0.4, 0.5) is 5.69 Å². The Morgan fingerprint density at radius 3 is 2.44 bits per heavy atom. The van der Waals surface area contributed by atoms with Crippen LogP contribution in [0.1, 0.15) is 18.4 Å². The molecule has 1 aliphatic rings. The summed E-state index contributed by atoms with van der Waals surface area (Å²) < 4.78 is 33.7. The molecule has 0 spiro atoms. The van der Waals surface area contributed by atoms with Gasteiger partial charge in [0.05, 0.1) is 7.11 Å². The van der Waals surface area contributed by atoms with Gasteiger partial charge in [-0.05, 0) is 48.7 Å². The normalized spacial score (nSPS) is 14.7. The van der Waals surface area contributed by atoms with E-state index in [4.69, 9.17) is 4.74 Å². The summed E-state index contributed by atoms with van der Waals surface area (Å²) in [6.45, 7) is 2.42. The molecule has 1 saturated heterocycles. The van der Waals surface area contributed by atoms with E-state index < -0.39 is 10.0 Å². The van der Waals surface area contributed by atoms with Crippen LogP contribution in [0.2, 0.25) is 0 Å². The predicted molar refractivity (Wildman–Crippen MR) is 103 cm³/mol. The third-order valence-electron chi connectivity index (χ3n) is 4.29. The SMILES string of the molecule is COc1ccc(Br)cc1S(=O)(=O)NCc1ccc(N2CCCC2)cc1. The van der Waals surface area contributed by atoms with Gasteiger partial charge in [0.2, 0.25) is 10.0 Å². The Labute approximate surface area is 157 Å². The fraction of sp³-hybridized carbons (Fsp3) is 0.333. The first-order chi connectivity index (χ1) is 12.0. The summed E-state index contributed by atoms with van der Waals surface area (Å²) in [4.78, 5) is 2.47. The van der Waals surface area contributed by atoms with Crippen molar-refractivity contribution in [1.29, 1.82) is 0 Å². The summed E-state index contributed by atoms with van der Waals surface area (Å²) in [5.74, 6) is 0.320. The Bertz CT molecular complexity index is 832. The second-order valence-electron chi connectivity index (χ2n) is 5.98. The van der Waals surface area contributed by atoms with Crippen LogP contribution in [0.15, 0.2) is 51.8 Å². The molecule has 1 N–H and O–H groups in total. The van der Waals surface area contributed by atoms with Crippen molar-refractivity contribution in [2.45, 2.75) is 24.3 Å². The Morgan fingerprint density at radius 2 is 1.80 bits per heavy atom. The van der Waals surface area contributed by atoms with Crippen LogP contribution in [-0.4, -0.2) is 28.6 Å². The standard InChI is InChI=1S/C18H21BrN2O3S/c1-24-17-9-6-15(19)12-18(17)25(22,23)20-13-14-4-7-16(8-5-14)21-10-2-3-11-21/h4-9,12,20H,2-3,10-11,13H2,1H3. The van der Waals surface area contributed by atoms with Gasteiger partial charge in [-0.15, -0.1) is 0 Å². The van der Waals surface area contributed by atoms with Gasteiger partial charge in [-0.25, -0.2) is 13.1 Å². The summed E-state index contributed by atoms with van der Waals surface area (Å²) in [5, 5.41) is 0. The van der Waals surface area contributed by atoms with E-state index in [1.165, 1.54) is 31.7 Å². The number of benzene rings is 2. The van der Waals surface area contributed by atoms with Gasteiger partial charge in [0, 0.05) is 29.8 Å². The molecule has 0 amide bonds. The highest BCUT2D eigenvalue weighted by Crippen LogP contribution is 2.27. The van der Waals surface area contributed by atoms with E-state index in [-0.39, 0.29) is 11.4 Å². The van der Waals surface area contributed by atoms with Gasteiger partial charge in [0.1, 0.15) is 10.6 Å². The molecule has 0 radical (unpaired) electrons. The number of methoxy groups -OCH3 is 1. The third-order valence-corrected chi connectivity index (χ3v) is 6.20. The van der Waals surface area contributed by atoms with Crippen LogP contribution in [0.5, 0.6) is 5.75 Å². The van der Waals surface area contributed by atoms with E-state index in [0.717, 1.165) is 18.7 Å². The van der Waals surface area contributed by atoms with E-state index >= 15 is 0 Å². The van der Waals surface area contributed by atoms with Gasteiger partial charge in [0.15, 0.2) is 0 Å². The van der Waals surface area contributed by atoms with Gasteiger partial charge < -0.3 is 9.64 Å². The van der Waals surface area contributed by atoms with Crippen molar-refractivity contribution in [1.82, 2.24) is 4.72 Å². The zero-order chi connectivity index (χ0) is 17.9. The number of nitrogens with zero attached hydrogens (tertiary/aromatic N) is 1. The predicted octanol–water partition coefficient (Wildman–Crippen LogP) is 3.54. The van der Waals surface area contributed by atoms with Crippen molar-refractivity contribution < 1.29 is 13.2 Å². The molecule has 0 unspecified atom stereocenters. The topological polar surface area (TPSA) is 58.6 Å². The fourth-order valence-corrected chi connectivity index (χ4v) is 4.64. The molecule has 2 aromatic rings. The van der Waals surface area contributed by atoms with Crippen LogP contribution in [0.3, 0.4) is 0 Å². The minimum atomic E-state index is -3.66. The van der Waals surface area contributed by atoms with E-state index in [9.17, 15) is 8.42 Å². The Hall–Kier alpha value is -1.57. The quantitative estimate of drug-likeness (QED) is 0.770. The van der Waals surface area contributed by atoms with Gasteiger partial charge in [-0.1, -0.05) is 28.1 Å². The number of nitrogens with one attached hydrogen (secondary N) is 1. The van der Waals surface area contributed by atoms with E-state index in [1.54, 1.807) is 12.1 Å². The molecule has 7 heteroatoms.